The lowest BCUT2D eigenvalue weighted by atomic mass is 10.0. The van der Waals surface area contributed by atoms with Crippen LogP contribution in [0.2, 0.25) is 0 Å². The smallest absolute Gasteiger partial charge is 0.412 e. The van der Waals surface area contributed by atoms with E-state index in [0.717, 1.165) is 8.47 Å². The summed E-state index contributed by atoms with van der Waals surface area (Å²) in [6, 6.07) is 12.3. The molecule has 0 aliphatic heterocycles. The molecule has 2 rings (SSSR count). The minimum atomic E-state index is -0.931. The zero-order valence-electron chi connectivity index (χ0n) is 17.0. The van der Waals surface area contributed by atoms with E-state index in [-0.39, 0.29) is 24.5 Å². The monoisotopic (exact) mass is 577 g/mol. The summed E-state index contributed by atoms with van der Waals surface area (Å²) in [7, 11) is 1.46. The third-order valence-electron chi connectivity index (χ3n) is 4.30. The number of anilines is 1. The van der Waals surface area contributed by atoms with E-state index < -0.39 is 24.3 Å². The van der Waals surface area contributed by atoms with Gasteiger partial charge in [-0.15, -0.1) is 11.8 Å². The van der Waals surface area contributed by atoms with Gasteiger partial charge in [-0.2, -0.15) is 12.6 Å². The largest absolute Gasteiger partial charge is 0.508 e. The molecular formula is C21H24INO6S2. The number of methoxy groups -OCH3 is 1. The van der Waals surface area contributed by atoms with Crippen molar-refractivity contribution in [3.8, 4) is 5.75 Å². The summed E-state index contributed by atoms with van der Waals surface area (Å²) < 4.78 is 17.1. The molecule has 2 atom stereocenters. The number of thioether (sulfide) groups is 1. The first-order chi connectivity index (χ1) is 14.9. The molecule has 0 aromatic heterocycles. The Morgan fingerprint density at radius 1 is 1.23 bits per heavy atom. The Morgan fingerprint density at radius 2 is 1.94 bits per heavy atom. The minimum absolute atomic E-state index is 0.0306. The first kappa shape index (κ1) is 25.6. The SMILES string of the molecule is CO[C@@H](CCOC(=O)CS)[C@@H](OC(=O)Nc1ccc(SC)cc1)c1cc(I)ccc1O. The van der Waals surface area contributed by atoms with Gasteiger partial charge in [0.15, 0.2) is 6.10 Å². The number of amides is 1. The third kappa shape index (κ3) is 8.09. The average Bonchev–Trinajstić information content (AvgIpc) is 2.77. The van der Waals surface area contributed by atoms with Gasteiger partial charge in [0, 0.05) is 33.2 Å². The number of carbonyl (C=O) groups excluding carboxylic acids is 2. The first-order valence-electron chi connectivity index (χ1n) is 9.27. The average molecular weight is 577 g/mol. The van der Waals surface area contributed by atoms with Crippen molar-refractivity contribution in [3.05, 3.63) is 51.6 Å². The third-order valence-corrected chi connectivity index (χ3v) is 5.97. The highest BCUT2D eigenvalue weighted by atomic mass is 127. The lowest BCUT2D eigenvalue weighted by Crippen LogP contribution is -2.29. The highest BCUT2D eigenvalue weighted by molar-refractivity contribution is 14.1. The number of halogens is 1. The van der Waals surface area contributed by atoms with Crippen molar-refractivity contribution in [1.82, 2.24) is 0 Å². The molecule has 0 saturated carbocycles. The molecule has 2 aromatic carbocycles. The second kappa shape index (κ2) is 13.0. The highest BCUT2D eigenvalue weighted by Crippen LogP contribution is 2.33. The minimum Gasteiger partial charge on any atom is -0.508 e. The summed E-state index contributed by atoms with van der Waals surface area (Å²) in [5.41, 5.74) is 0.970. The van der Waals surface area contributed by atoms with E-state index in [1.54, 1.807) is 36.0 Å². The lowest BCUT2D eigenvalue weighted by molar-refractivity contribution is -0.141. The molecule has 0 heterocycles. The van der Waals surface area contributed by atoms with E-state index in [4.69, 9.17) is 14.2 Å². The van der Waals surface area contributed by atoms with Gasteiger partial charge in [0.1, 0.15) is 11.9 Å². The van der Waals surface area contributed by atoms with Crippen LogP contribution in [0.4, 0.5) is 10.5 Å². The molecule has 0 aliphatic rings. The van der Waals surface area contributed by atoms with Crippen molar-refractivity contribution < 1.29 is 28.9 Å². The van der Waals surface area contributed by atoms with Gasteiger partial charge in [0.25, 0.3) is 0 Å². The molecule has 168 valence electrons. The summed E-state index contributed by atoms with van der Waals surface area (Å²) in [6.07, 6.45) is -0.0785. The van der Waals surface area contributed by atoms with Crippen molar-refractivity contribution in [2.45, 2.75) is 23.5 Å². The van der Waals surface area contributed by atoms with Crippen molar-refractivity contribution in [2.24, 2.45) is 0 Å². The summed E-state index contributed by atoms with van der Waals surface area (Å²) in [5, 5.41) is 13.1. The molecule has 2 aromatic rings. The van der Waals surface area contributed by atoms with Gasteiger partial charge in [-0.05, 0) is 71.3 Å². The summed E-state index contributed by atoms with van der Waals surface area (Å²) in [4.78, 5) is 25.1. The molecule has 10 heteroatoms. The van der Waals surface area contributed by atoms with Crippen LogP contribution in [0.15, 0.2) is 47.4 Å². The molecule has 0 radical (unpaired) electrons. The van der Waals surface area contributed by atoms with Crippen LogP contribution in [0, 0.1) is 3.57 Å². The molecule has 7 nitrogen and oxygen atoms in total. The fourth-order valence-electron chi connectivity index (χ4n) is 2.76. The number of nitrogens with one attached hydrogen (secondary N) is 1. The van der Waals surface area contributed by atoms with Gasteiger partial charge < -0.3 is 19.3 Å². The van der Waals surface area contributed by atoms with Crippen LogP contribution in [0.25, 0.3) is 0 Å². The summed E-state index contributed by atoms with van der Waals surface area (Å²) >= 11 is 7.57. The molecule has 0 aliphatic carbocycles. The van der Waals surface area contributed by atoms with E-state index in [2.05, 4.69) is 40.5 Å². The molecule has 1 amide bonds. The molecule has 0 unspecified atom stereocenters. The number of aromatic hydroxyl groups is 1. The predicted octanol–water partition coefficient (Wildman–Crippen LogP) is 4.89. The van der Waals surface area contributed by atoms with Gasteiger partial charge in [0.2, 0.25) is 0 Å². The maximum Gasteiger partial charge on any atom is 0.412 e. The molecule has 0 fully saturated rings. The van der Waals surface area contributed by atoms with Crippen molar-refractivity contribution in [3.63, 3.8) is 0 Å². The van der Waals surface area contributed by atoms with Crippen LogP contribution in [0.1, 0.15) is 18.1 Å². The topological polar surface area (TPSA) is 94.1 Å². The Bertz CT molecular complexity index is 881. The fourth-order valence-corrected chi connectivity index (χ4v) is 3.77. The number of phenolic OH excluding ortho intramolecular Hbond substituents is 1. The van der Waals surface area contributed by atoms with E-state index >= 15 is 0 Å². The van der Waals surface area contributed by atoms with E-state index in [0.29, 0.717) is 11.3 Å². The normalized spacial score (nSPS) is 12.6. The Hall–Kier alpha value is -1.63. The maximum atomic E-state index is 12.6. The second-order valence-corrected chi connectivity index (χ2v) is 8.77. The van der Waals surface area contributed by atoms with Gasteiger partial charge in [0.05, 0.1) is 12.4 Å². The number of ether oxygens (including phenoxy) is 3. The number of rotatable bonds is 10. The summed E-state index contributed by atoms with van der Waals surface area (Å²) in [6.45, 7) is 0.0558. The molecule has 0 bridgehead atoms. The Labute approximate surface area is 204 Å². The van der Waals surface area contributed by atoms with E-state index in [1.807, 2.05) is 18.4 Å². The Morgan fingerprint density at radius 3 is 2.55 bits per heavy atom. The van der Waals surface area contributed by atoms with Gasteiger partial charge in [-0.25, -0.2) is 4.79 Å². The number of hydrogen-bond acceptors (Lipinski definition) is 8. The van der Waals surface area contributed by atoms with Crippen molar-refractivity contribution in [1.29, 1.82) is 0 Å². The molecule has 0 saturated heterocycles. The lowest BCUT2D eigenvalue weighted by Gasteiger charge is -2.27. The fraction of sp³-hybridized carbons (Fsp3) is 0.333. The first-order valence-corrected chi connectivity index (χ1v) is 12.2. The Balaban J connectivity index is 2.20. The Kier molecular flexibility index (Phi) is 10.8. The number of hydrogen-bond donors (Lipinski definition) is 3. The molecule has 2 N–H and O–H groups in total. The van der Waals surface area contributed by atoms with Crippen LogP contribution in [-0.4, -0.2) is 49.0 Å². The van der Waals surface area contributed by atoms with Crippen molar-refractivity contribution >= 4 is 64.7 Å². The number of carbonyl (C=O) groups is 2. The molecule has 31 heavy (non-hydrogen) atoms. The van der Waals surface area contributed by atoms with E-state index in [1.165, 1.54) is 13.2 Å². The number of thiol groups is 1. The van der Waals surface area contributed by atoms with Gasteiger partial charge >= 0.3 is 12.1 Å². The van der Waals surface area contributed by atoms with Crippen LogP contribution >= 0.6 is 47.0 Å². The summed E-state index contributed by atoms with van der Waals surface area (Å²) in [5.74, 6) is -0.524. The van der Waals surface area contributed by atoms with Crippen molar-refractivity contribution in [2.75, 3.05) is 31.0 Å². The van der Waals surface area contributed by atoms with Crippen LogP contribution in [0.5, 0.6) is 5.75 Å². The number of benzene rings is 2. The van der Waals surface area contributed by atoms with E-state index in [9.17, 15) is 14.7 Å². The van der Waals surface area contributed by atoms with Gasteiger partial charge in [-0.3, -0.25) is 10.1 Å². The predicted molar refractivity (Wildman–Crippen MR) is 132 cm³/mol. The van der Waals surface area contributed by atoms with Crippen LogP contribution in [-0.2, 0) is 19.0 Å². The molecule has 0 spiro atoms. The maximum absolute atomic E-state index is 12.6. The van der Waals surface area contributed by atoms with Crippen LogP contribution in [0.3, 0.4) is 0 Å². The zero-order chi connectivity index (χ0) is 22.8. The highest BCUT2D eigenvalue weighted by Gasteiger charge is 2.30. The quantitative estimate of drug-likeness (QED) is 0.160. The number of phenols is 1. The zero-order valence-corrected chi connectivity index (χ0v) is 20.9. The molecular weight excluding hydrogens is 553 g/mol. The number of esters is 1. The van der Waals surface area contributed by atoms with Crippen LogP contribution < -0.4 is 5.32 Å². The second-order valence-electron chi connectivity index (χ2n) is 6.32. The van der Waals surface area contributed by atoms with Gasteiger partial charge in [-0.1, -0.05) is 0 Å². The standard InChI is InChI=1S/C21H24INO6S2/c1-27-18(9-10-28-19(25)12-30)20(16-11-13(22)3-8-17(16)24)29-21(26)23-14-4-6-15(31-2)7-5-14/h3-8,11,18,20,24,30H,9-10,12H2,1-2H3,(H,23,26)/t18-,20-/m0/s1.